The molecule has 1 N–H and O–H groups in total. The predicted octanol–water partition coefficient (Wildman–Crippen LogP) is 5.68. The normalized spacial score (nSPS) is 10.5. The first-order chi connectivity index (χ1) is 13.1. The van der Waals surface area contributed by atoms with Crippen molar-refractivity contribution in [2.24, 2.45) is 0 Å². The second-order valence-corrected chi connectivity index (χ2v) is 6.74. The minimum atomic E-state index is 0.508. The van der Waals surface area contributed by atoms with Crippen LogP contribution in [0.3, 0.4) is 0 Å². The van der Waals surface area contributed by atoms with Crippen LogP contribution in [-0.4, -0.2) is 13.2 Å². The molecule has 0 aliphatic heterocycles. The molecule has 0 saturated heterocycles. The van der Waals surface area contributed by atoms with Crippen molar-refractivity contribution in [2.45, 2.75) is 27.3 Å². The number of para-hydroxylation sites is 2. The Kier molecular flexibility index (Phi) is 6.37. The zero-order chi connectivity index (χ0) is 19.1. The summed E-state index contributed by atoms with van der Waals surface area (Å²) in [5.74, 6) is 1.76. The molecule has 0 atom stereocenters. The lowest BCUT2D eigenvalue weighted by atomic mass is 10.0. The molecule has 3 aromatic carbocycles. The molecular formula is C24H27NO2. The quantitative estimate of drug-likeness (QED) is 0.524. The minimum Gasteiger partial charge on any atom is -0.490 e. The van der Waals surface area contributed by atoms with Crippen LogP contribution < -0.4 is 14.8 Å². The molecule has 27 heavy (non-hydrogen) atoms. The molecule has 0 aliphatic carbocycles. The molecule has 0 heterocycles. The molecule has 0 bridgehead atoms. The molecule has 0 aromatic heterocycles. The monoisotopic (exact) mass is 361 g/mol. The fraction of sp³-hybridized carbons (Fsp3) is 0.250. The standard InChI is InChI=1S/C24H27NO2/c1-18-15-19(2)24(20(3)16-18)25-17-21-9-7-8-12-23(21)27-14-13-26-22-10-5-4-6-11-22/h4-12,15-16,25H,13-14,17H2,1-3H3. The summed E-state index contributed by atoms with van der Waals surface area (Å²) in [6.07, 6.45) is 0. The van der Waals surface area contributed by atoms with E-state index in [1.807, 2.05) is 48.5 Å². The molecule has 3 heteroatoms. The Labute approximate surface area is 162 Å². The third-order valence-electron chi connectivity index (χ3n) is 4.46. The fourth-order valence-corrected chi connectivity index (χ4v) is 3.26. The van der Waals surface area contributed by atoms with Crippen LogP contribution in [0.25, 0.3) is 0 Å². The van der Waals surface area contributed by atoms with E-state index in [1.165, 1.54) is 22.4 Å². The number of aryl methyl sites for hydroxylation is 3. The van der Waals surface area contributed by atoms with Gasteiger partial charge in [0.1, 0.15) is 24.7 Å². The highest BCUT2D eigenvalue weighted by atomic mass is 16.5. The summed E-state index contributed by atoms with van der Waals surface area (Å²) in [6, 6.07) is 22.4. The Morgan fingerprint density at radius 1 is 0.741 bits per heavy atom. The number of benzene rings is 3. The van der Waals surface area contributed by atoms with Crippen molar-refractivity contribution >= 4 is 5.69 Å². The van der Waals surface area contributed by atoms with Gasteiger partial charge in [-0.2, -0.15) is 0 Å². The number of hydrogen-bond donors (Lipinski definition) is 1. The number of rotatable bonds is 8. The average Bonchev–Trinajstić information content (AvgIpc) is 2.66. The summed E-state index contributed by atoms with van der Waals surface area (Å²) in [6.45, 7) is 8.17. The van der Waals surface area contributed by atoms with Gasteiger partial charge in [0.2, 0.25) is 0 Å². The highest BCUT2D eigenvalue weighted by molar-refractivity contribution is 5.58. The van der Waals surface area contributed by atoms with Crippen LogP contribution in [-0.2, 0) is 6.54 Å². The zero-order valence-electron chi connectivity index (χ0n) is 16.3. The van der Waals surface area contributed by atoms with Gasteiger partial charge in [0.05, 0.1) is 0 Å². The second-order valence-electron chi connectivity index (χ2n) is 6.74. The first-order valence-corrected chi connectivity index (χ1v) is 9.34. The largest absolute Gasteiger partial charge is 0.490 e. The molecule has 140 valence electrons. The van der Waals surface area contributed by atoms with E-state index in [4.69, 9.17) is 9.47 Å². The van der Waals surface area contributed by atoms with Crippen LogP contribution in [0.5, 0.6) is 11.5 Å². The van der Waals surface area contributed by atoms with Crippen LogP contribution in [0.1, 0.15) is 22.3 Å². The van der Waals surface area contributed by atoms with E-state index < -0.39 is 0 Å². The molecule has 0 aliphatic rings. The van der Waals surface area contributed by atoms with Gasteiger partial charge < -0.3 is 14.8 Å². The number of ether oxygens (including phenoxy) is 2. The summed E-state index contributed by atoms with van der Waals surface area (Å²) in [7, 11) is 0. The van der Waals surface area contributed by atoms with E-state index in [0.29, 0.717) is 13.2 Å². The Bertz CT molecular complexity index is 852. The van der Waals surface area contributed by atoms with Crippen molar-refractivity contribution in [2.75, 3.05) is 18.5 Å². The van der Waals surface area contributed by atoms with Gasteiger partial charge in [0.15, 0.2) is 0 Å². The summed E-state index contributed by atoms with van der Waals surface area (Å²) in [4.78, 5) is 0. The molecule has 0 radical (unpaired) electrons. The molecule has 0 spiro atoms. The molecule has 0 unspecified atom stereocenters. The van der Waals surface area contributed by atoms with Gasteiger partial charge >= 0.3 is 0 Å². The third-order valence-corrected chi connectivity index (χ3v) is 4.46. The summed E-state index contributed by atoms with van der Waals surface area (Å²) in [5.41, 5.74) is 6.15. The Morgan fingerprint density at radius 3 is 2.11 bits per heavy atom. The van der Waals surface area contributed by atoms with Crippen molar-refractivity contribution in [1.82, 2.24) is 0 Å². The molecule has 3 aromatic rings. The maximum Gasteiger partial charge on any atom is 0.124 e. The highest BCUT2D eigenvalue weighted by Gasteiger charge is 2.07. The van der Waals surface area contributed by atoms with Crippen molar-refractivity contribution in [3.63, 3.8) is 0 Å². The van der Waals surface area contributed by atoms with E-state index in [0.717, 1.165) is 23.6 Å². The molecule has 0 saturated carbocycles. The molecular weight excluding hydrogens is 334 g/mol. The Balaban J connectivity index is 1.57. The number of hydrogen-bond acceptors (Lipinski definition) is 3. The smallest absolute Gasteiger partial charge is 0.124 e. The highest BCUT2D eigenvalue weighted by Crippen LogP contribution is 2.25. The Hall–Kier alpha value is -2.94. The van der Waals surface area contributed by atoms with Gasteiger partial charge in [-0.05, 0) is 50.1 Å². The summed E-state index contributed by atoms with van der Waals surface area (Å²) in [5, 5.41) is 3.57. The summed E-state index contributed by atoms with van der Waals surface area (Å²) < 4.78 is 11.7. The third kappa shape index (κ3) is 5.27. The minimum absolute atomic E-state index is 0.508. The molecule has 0 fully saturated rings. The Morgan fingerprint density at radius 2 is 1.37 bits per heavy atom. The van der Waals surface area contributed by atoms with E-state index in [9.17, 15) is 0 Å². The van der Waals surface area contributed by atoms with Crippen molar-refractivity contribution in [3.05, 3.63) is 89.0 Å². The first kappa shape index (κ1) is 18.8. The molecule has 3 nitrogen and oxygen atoms in total. The molecule has 0 amide bonds. The van der Waals surface area contributed by atoms with Gasteiger partial charge in [-0.3, -0.25) is 0 Å². The van der Waals surface area contributed by atoms with Crippen LogP contribution in [0, 0.1) is 20.8 Å². The zero-order valence-corrected chi connectivity index (χ0v) is 16.3. The average molecular weight is 361 g/mol. The van der Waals surface area contributed by atoms with Crippen LogP contribution in [0.2, 0.25) is 0 Å². The van der Waals surface area contributed by atoms with Gasteiger partial charge in [0, 0.05) is 17.8 Å². The van der Waals surface area contributed by atoms with Crippen molar-refractivity contribution in [1.29, 1.82) is 0 Å². The SMILES string of the molecule is Cc1cc(C)c(NCc2ccccc2OCCOc2ccccc2)c(C)c1. The topological polar surface area (TPSA) is 30.5 Å². The van der Waals surface area contributed by atoms with E-state index >= 15 is 0 Å². The van der Waals surface area contributed by atoms with Gasteiger partial charge in [-0.25, -0.2) is 0 Å². The van der Waals surface area contributed by atoms with Gasteiger partial charge in [-0.1, -0.05) is 54.1 Å². The lowest BCUT2D eigenvalue weighted by Crippen LogP contribution is -2.11. The van der Waals surface area contributed by atoms with Crippen LogP contribution >= 0.6 is 0 Å². The van der Waals surface area contributed by atoms with E-state index in [-0.39, 0.29) is 0 Å². The van der Waals surface area contributed by atoms with Crippen molar-refractivity contribution < 1.29 is 9.47 Å². The van der Waals surface area contributed by atoms with E-state index in [2.05, 4.69) is 44.3 Å². The lowest BCUT2D eigenvalue weighted by Gasteiger charge is -2.16. The second kappa shape index (κ2) is 9.13. The van der Waals surface area contributed by atoms with Gasteiger partial charge in [-0.15, -0.1) is 0 Å². The number of nitrogens with one attached hydrogen (secondary N) is 1. The van der Waals surface area contributed by atoms with Crippen LogP contribution in [0.15, 0.2) is 66.7 Å². The maximum atomic E-state index is 5.96. The lowest BCUT2D eigenvalue weighted by molar-refractivity contribution is 0.216. The maximum absolute atomic E-state index is 5.96. The number of anilines is 1. The van der Waals surface area contributed by atoms with Gasteiger partial charge in [0.25, 0.3) is 0 Å². The molecule has 3 rings (SSSR count). The first-order valence-electron chi connectivity index (χ1n) is 9.34. The van der Waals surface area contributed by atoms with Crippen molar-refractivity contribution in [3.8, 4) is 11.5 Å². The van der Waals surface area contributed by atoms with Crippen LogP contribution in [0.4, 0.5) is 5.69 Å². The van der Waals surface area contributed by atoms with E-state index in [1.54, 1.807) is 0 Å². The summed E-state index contributed by atoms with van der Waals surface area (Å²) >= 11 is 0. The predicted molar refractivity (Wildman–Crippen MR) is 112 cm³/mol. The fourth-order valence-electron chi connectivity index (χ4n) is 3.26.